The molecule has 0 aliphatic carbocycles. The third-order valence-corrected chi connectivity index (χ3v) is 4.81. The summed E-state index contributed by atoms with van der Waals surface area (Å²) < 4.78 is 62.0. The van der Waals surface area contributed by atoms with Gasteiger partial charge in [0.15, 0.2) is 6.61 Å². The van der Waals surface area contributed by atoms with E-state index in [1.54, 1.807) is 18.2 Å². The molecular formula is C13H15F3NO6P. The summed E-state index contributed by atoms with van der Waals surface area (Å²) in [5.41, 5.74) is -1.98. The molecule has 0 saturated carbocycles. The van der Waals surface area contributed by atoms with E-state index in [2.05, 4.69) is 19.1 Å². The van der Waals surface area contributed by atoms with Gasteiger partial charge in [0.05, 0.1) is 0 Å². The highest BCUT2D eigenvalue weighted by molar-refractivity contribution is 7.57. The van der Waals surface area contributed by atoms with Gasteiger partial charge in [-0.1, -0.05) is 18.2 Å². The molecule has 1 aromatic rings. The van der Waals surface area contributed by atoms with E-state index in [4.69, 9.17) is 0 Å². The lowest BCUT2D eigenvalue weighted by Crippen LogP contribution is -2.38. The molecule has 1 atom stereocenters. The molecule has 1 N–H and O–H groups in total. The van der Waals surface area contributed by atoms with Gasteiger partial charge in [0.25, 0.3) is 5.91 Å². The Hall–Kier alpha value is -1.90. The van der Waals surface area contributed by atoms with E-state index < -0.39 is 37.9 Å². The number of hydrogen-bond donors (Lipinski definition) is 1. The maximum atomic E-state index is 12.4. The second-order valence-corrected chi connectivity index (χ2v) is 6.71. The molecule has 0 unspecified atom stereocenters. The molecule has 24 heavy (non-hydrogen) atoms. The van der Waals surface area contributed by atoms with Crippen LogP contribution in [0.3, 0.4) is 0 Å². The molecule has 1 amide bonds. The van der Waals surface area contributed by atoms with Crippen molar-refractivity contribution in [3.05, 3.63) is 30.3 Å². The monoisotopic (exact) mass is 369 g/mol. The van der Waals surface area contributed by atoms with Crippen molar-refractivity contribution in [1.82, 2.24) is 0 Å². The van der Waals surface area contributed by atoms with Gasteiger partial charge in [-0.15, -0.1) is 0 Å². The average Bonchev–Trinajstić information content (AvgIpc) is 2.53. The summed E-state index contributed by atoms with van der Waals surface area (Å²) >= 11 is 0. The predicted molar refractivity (Wildman–Crippen MR) is 77.5 cm³/mol. The molecule has 1 rings (SSSR count). The van der Waals surface area contributed by atoms with E-state index in [1.165, 1.54) is 12.1 Å². The smallest absolute Gasteiger partial charge is 0.422 e. The number of benzene rings is 1. The molecule has 0 radical (unpaired) electrons. The molecule has 0 heterocycles. The Balaban J connectivity index is 3.03. The lowest BCUT2D eigenvalue weighted by molar-refractivity contribution is -0.186. The van der Waals surface area contributed by atoms with E-state index in [9.17, 15) is 27.3 Å². The quantitative estimate of drug-likeness (QED) is 0.451. The highest BCUT2D eigenvalue weighted by atomic mass is 31.2. The van der Waals surface area contributed by atoms with E-state index in [1.807, 2.05) is 0 Å². The Labute approximate surface area is 135 Å². The number of nitrogens with one attached hydrogen (secondary N) is 1. The summed E-state index contributed by atoms with van der Waals surface area (Å²) in [7, 11) is -2.59. The number of carbonyl (C=O) groups excluding carboxylic acids is 2. The SMILES string of the molecule is COP(=O)(OC)[C@H](C(=O)Nc1ccccc1)C(=O)OCC(F)(F)F. The van der Waals surface area contributed by atoms with Crippen LogP contribution in [0.15, 0.2) is 30.3 Å². The summed E-state index contributed by atoms with van der Waals surface area (Å²) in [6.45, 7) is -1.94. The van der Waals surface area contributed by atoms with Gasteiger partial charge in [0.2, 0.25) is 5.66 Å². The molecule has 0 spiro atoms. The number of alkyl halides is 3. The van der Waals surface area contributed by atoms with Gasteiger partial charge in [-0.3, -0.25) is 14.2 Å². The average molecular weight is 369 g/mol. The summed E-state index contributed by atoms with van der Waals surface area (Å²) in [6, 6.07) is 7.71. The molecule has 0 aromatic heterocycles. The predicted octanol–water partition coefficient (Wildman–Crippen LogP) is 2.59. The van der Waals surface area contributed by atoms with Crippen molar-refractivity contribution in [2.75, 3.05) is 26.1 Å². The van der Waals surface area contributed by atoms with Crippen molar-refractivity contribution in [3.8, 4) is 0 Å². The molecule has 0 saturated heterocycles. The van der Waals surface area contributed by atoms with E-state index in [0.717, 1.165) is 14.2 Å². The number of carbonyl (C=O) groups is 2. The molecule has 11 heteroatoms. The number of rotatable bonds is 7. The lowest BCUT2D eigenvalue weighted by atomic mass is 10.3. The summed E-state index contributed by atoms with van der Waals surface area (Å²) in [5.74, 6) is -2.85. The molecule has 7 nitrogen and oxygen atoms in total. The maximum absolute atomic E-state index is 12.4. The van der Waals surface area contributed by atoms with Crippen molar-refractivity contribution < 1.29 is 41.1 Å². The Morgan fingerprint density at radius 3 is 2.17 bits per heavy atom. The highest BCUT2D eigenvalue weighted by Gasteiger charge is 2.48. The first kappa shape index (κ1) is 20.1. The third kappa shape index (κ3) is 5.63. The van der Waals surface area contributed by atoms with Gasteiger partial charge in [0, 0.05) is 19.9 Å². The molecule has 1 aromatic carbocycles. The largest absolute Gasteiger partial charge is 0.455 e. The molecule has 0 aliphatic heterocycles. The van der Waals surface area contributed by atoms with Crippen LogP contribution >= 0.6 is 7.60 Å². The van der Waals surface area contributed by atoms with Crippen molar-refractivity contribution >= 4 is 25.2 Å². The van der Waals surface area contributed by atoms with Crippen LogP contribution in [0.25, 0.3) is 0 Å². The molecule has 134 valence electrons. The lowest BCUT2D eigenvalue weighted by Gasteiger charge is -2.22. The number of ether oxygens (including phenoxy) is 1. The second kappa shape index (κ2) is 8.27. The number of amides is 1. The van der Waals surface area contributed by atoms with Crippen LogP contribution in [-0.4, -0.2) is 44.5 Å². The first-order chi connectivity index (χ1) is 11.1. The van der Waals surface area contributed by atoms with Crippen LogP contribution in [0, 0.1) is 0 Å². The van der Waals surface area contributed by atoms with E-state index in [0.29, 0.717) is 0 Å². The topological polar surface area (TPSA) is 90.9 Å². The Morgan fingerprint density at radius 2 is 1.71 bits per heavy atom. The van der Waals surface area contributed by atoms with Crippen LogP contribution in [0.2, 0.25) is 0 Å². The van der Waals surface area contributed by atoms with E-state index in [-0.39, 0.29) is 5.69 Å². The number of halogens is 3. The maximum Gasteiger partial charge on any atom is 0.422 e. The second-order valence-electron chi connectivity index (χ2n) is 4.39. The van der Waals surface area contributed by atoms with E-state index >= 15 is 0 Å². The minimum Gasteiger partial charge on any atom is -0.455 e. The Bertz CT molecular complexity index is 614. The first-order valence-corrected chi connectivity index (χ1v) is 8.04. The summed E-state index contributed by atoms with van der Waals surface area (Å²) in [4.78, 5) is 24.1. The minimum absolute atomic E-state index is 0.231. The van der Waals surface area contributed by atoms with Crippen molar-refractivity contribution in [2.24, 2.45) is 0 Å². The fourth-order valence-electron chi connectivity index (χ4n) is 1.63. The Morgan fingerprint density at radius 1 is 1.17 bits per heavy atom. The number of anilines is 1. The zero-order valence-corrected chi connectivity index (χ0v) is 13.6. The van der Waals surface area contributed by atoms with Gasteiger partial charge in [-0.05, 0) is 12.1 Å². The van der Waals surface area contributed by atoms with Crippen LogP contribution in [0.1, 0.15) is 0 Å². The van der Waals surface area contributed by atoms with Crippen molar-refractivity contribution in [1.29, 1.82) is 0 Å². The van der Waals surface area contributed by atoms with Crippen LogP contribution in [-0.2, 0) is 27.9 Å². The minimum atomic E-state index is -4.81. The standard InChI is InChI=1S/C13H15F3NO6P/c1-21-24(20,22-2)10(12(19)23-8-13(14,15)16)11(18)17-9-6-4-3-5-7-9/h3-7,10H,8H2,1-2H3,(H,17,18)/t10-/m1/s1. The summed E-state index contributed by atoms with van der Waals surface area (Å²) in [6.07, 6.45) is -4.81. The van der Waals surface area contributed by atoms with Gasteiger partial charge < -0.3 is 19.1 Å². The molecular weight excluding hydrogens is 354 g/mol. The fourth-order valence-corrected chi connectivity index (χ4v) is 2.88. The van der Waals surface area contributed by atoms with Crippen LogP contribution in [0.4, 0.5) is 18.9 Å². The molecule has 0 aliphatic rings. The molecule has 0 bridgehead atoms. The van der Waals surface area contributed by atoms with Gasteiger partial charge in [-0.25, -0.2) is 0 Å². The van der Waals surface area contributed by atoms with Crippen molar-refractivity contribution in [3.63, 3.8) is 0 Å². The van der Waals surface area contributed by atoms with Gasteiger partial charge >= 0.3 is 19.7 Å². The van der Waals surface area contributed by atoms with Gasteiger partial charge in [-0.2, -0.15) is 13.2 Å². The van der Waals surface area contributed by atoms with Crippen LogP contribution < -0.4 is 5.32 Å². The number of esters is 1. The van der Waals surface area contributed by atoms with Gasteiger partial charge in [0.1, 0.15) is 0 Å². The molecule has 0 fully saturated rings. The third-order valence-electron chi connectivity index (χ3n) is 2.72. The highest BCUT2D eigenvalue weighted by Crippen LogP contribution is 2.52. The normalized spacial score (nSPS) is 13.2. The summed E-state index contributed by atoms with van der Waals surface area (Å²) in [5, 5.41) is 2.24. The first-order valence-electron chi connectivity index (χ1n) is 6.43. The fraction of sp³-hybridized carbons (Fsp3) is 0.385. The Kier molecular flexibility index (Phi) is 6.94. The van der Waals surface area contributed by atoms with Crippen molar-refractivity contribution in [2.45, 2.75) is 11.8 Å². The zero-order valence-electron chi connectivity index (χ0n) is 12.7. The zero-order chi connectivity index (χ0) is 18.4. The van der Waals surface area contributed by atoms with Crippen LogP contribution in [0.5, 0.6) is 0 Å². The number of para-hydroxylation sites is 1. The number of hydrogen-bond acceptors (Lipinski definition) is 6.